The number of nitrogens with one attached hydrogen (secondary N) is 1. The van der Waals surface area contributed by atoms with E-state index in [1.54, 1.807) is 4.57 Å². The van der Waals surface area contributed by atoms with E-state index in [1.165, 1.54) is 6.33 Å². The van der Waals surface area contributed by atoms with Crippen molar-refractivity contribution in [2.75, 3.05) is 16.8 Å². The fourth-order valence-corrected chi connectivity index (χ4v) is 4.97. The molecule has 152 valence electrons. The van der Waals surface area contributed by atoms with Crippen LogP contribution in [0.4, 0.5) is 14.5 Å². The molecule has 0 spiro atoms. The van der Waals surface area contributed by atoms with Crippen LogP contribution < -0.4 is 10.9 Å². The highest BCUT2D eigenvalue weighted by atomic mass is 32.2. The molecule has 1 N–H and O–H groups in total. The van der Waals surface area contributed by atoms with Gasteiger partial charge in [0, 0.05) is 6.07 Å². The van der Waals surface area contributed by atoms with Gasteiger partial charge in [0.25, 0.3) is 5.56 Å². The summed E-state index contributed by atoms with van der Waals surface area (Å²) in [4.78, 5) is 32.9. The van der Waals surface area contributed by atoms with Crippen LogP contribution in [-0.2, 0) is 21.2 Å². The van der Waals surface area contributed by atoms with Crippen molar-refractivity contribution < 1.29 is 22.0 Å². The second-order valence-corrected chi connectivity index (χ2v) is 8.96. The lowest BCUT2D eigenvalue weighted by molar-refractivity contribution is -0.116. The Hall–Kier alpha value is -3.15. The summed E-state index contributed by atoms with van der Waals surface area (Å²) in [5.74, 6) is -2.41. The molecule has 3 heterocycles. The fraction of sp³-hybridized carbons (Fsp3) is 0.294. The molecule has 29 heavy (non-hydrogen) atoms. The third kappa shape index (κ3) is 3.75. The van der Waals surface area contributed by atoms with E-state index >= 15 is 0 Å². The summed E-state index contributed by atoms with van der Waals surface area (Å²) in [6.45, 7) is -0.455. The Bertz CT molecular complexity index is 1280. The van der Waals surface area contributed by atoms with Crippen LogP contribution in [0.3, 0.4) is 0 Å². The van der Waals surface area contributed by atoms with Crippen molar-refractivity contribution in [3.8, 4) is 0 Å². The number of hydrogen-bond donors (Lipinski definition) is 1. The lowest BCUT2D eigenvalue weighted by Crippen LogP contribution is -2.28. The van der Waals surface area contributed by atoms with Crippen LogP contribution in [0, 0.1) is 11.6 Å². The number of carbonyl (C=O) groups excluding carboxylic acids is 1. The molecule has 4 rings (SSSR count). The van der Waals surface area contributed by atoms with E-state index in [4.69, 9.17) is 0 Å². The Balaban J connectivity index is 1.57. The van der Waals surface area contributed by atoms with Gasteiger partial charge in [-0.1, -0.05) is 0 Å². The van der Waals surface area contributed by atoms with Crippen LogP contribution in [0.1, 0.15) is 12.5 Å². The van der Waals surface area contributed by atoms with E-state index < -0.39 is 39.5 Å². The van der Waals surface area contributed by atoms with Gasteiger partial charge in [-0.2, -0.15) is 0 Å². The molecule has 0 saturated carbocycles. The lowest BCUT2D eigenvalue weighted by atomic mass is 10.2. The number of aromatic nitrogens is 4. The first kappa shape index (κ1) is 19.2. The summed E-state index contributed by atoms with van der Waals surface area (Å²) in [5.41, 5.74) is -0.578. The number of halogens is 2. The van der Waals surface area contributed by atoms with Crippen molar-refractivity contribution in [3.63, 3.8) is 0 Å². The SMILES string of the molecule is O=C(Cn1cnc2c(ncn2[C@H]2CCS(=O)(=O)C2)c1=O)Nc1ccc(F)cc1F. The summed E-state index contributed by atoms with van der Waals surface area (Å²) in [7, 11) is -3.13. The van der Waals surface area contributed by atoms with Gasteiger partial charge in [-0.3, -0.25) is 14.2 Å². The normalized spacial score (nSPS) is 18.2. The third-order valence-electron chi connectivity index (χ3n) is 4.67. The van der Waals surface area contributed by atoms with Crippen LogP contribution in [-0.4, -0.2) is 44.9 Å². The van der Waals surface area contributed by atoms with Crippen molar-refractivity contribution in [2.45, 2.75) is 19.0 Å². The van der Waals surface area contributed by atoms with E-state index in [-0.39, 0.29) is 34.4 Å². The van der Waals surface area contributed by atoms with E-state index in [2.05, 4.69) is 15.3 Å². The van der Waals surface area contributed by atoms with Gasteiger partial charge in [-0.05, 0) is 18.6 Å². The summed E-state index contributed by atoms with van der Waals surface area (Å²) in [6, 6.07) is 2.35. The van der Waals surface area contributed by atoms with E-state index in [1.807, 2.05) is 0 Å². The number of imidazole rings is 1. The van der Waals surface area contributed by atoms with Crippen LogP contribution in [0.15, 0.2) is 35.6 Å². The number of anilines is 1. The predicted molar refractivity (Wildman–Crippen MR) is 99.1 cm³/mol. The van der Waals surface area contributed by atoms with Crippen LogP contribution in [0.2, 0.25) is 0 Å². The molecule has 0 bridgehead atoms. The highest BCUT2D eigenvalue weighted by Crippen LogP contribution is 2.25. The third-order valence-corrected chi connectivity index (χ3v) is 6.42. The molecule has 0 radical (unpaired) electrons. The molecule has 1 fully saturated rings. The second kappa shape index (κ2) is 7.03. The Labute approximate surface area is 162 Å². The number of benzene rings is 1. The van der Waals surface area contributed by atoms with Gasteiger partial charge in [0.2, 0.25) is 5.91 Å². The van der Waals surface area contributed by atoms with Crippen molar-refractivity contribution in [1.29, 1.82) is 0 Å². The molecule has 9 nitrogen and oxygen atoms in total. The van der Waals surface area contributed by atoms with Crippen LogP contribution in [0.5, 0.6) is 0 Å². The Morgan fingerprint density at radius 1 is 1.24 bits per heavy atom. The second-order valence-electron chi connectivity index (χ2n) is 6.73. The van der Waals surface area contributed by atoms with E-state index in [9.17, 15) is 26.8 Å². The molecule has 1 amide bonds. The fourth-order valence-electron chi connectivity index (χ4n) is 3.26. The highest BCUT2D eigenvalue weighted by molar-refractivity contribution is 7.91. The Morgan fingerprint density at radius 2 is 2.03 bits per heavy atom. The topological polar surface area (TPSA) is 116 Å². The van der Waals surface area contributed by atoms with Gasteiger partial charge < -0.3 is 9.88 Å². The van der Waals surface area contributed by atoms with Crippen LogP contribution >= 0.6 is 0 Å². The minimum Gasteiger partial charge on any atom is -0.322 e. The number of hydrogen-bond acceptors (Lipinski definition) is 6. The van der Waals surface area contributed by atoms with E-state index in [0.29, 0.717) is 12.5 Å². The first-order valence-electron chi connectivity index (χ1n) is 8.61. The maximum Gasteiger partial charge on any atom is 0.281 e. The number of nitrogens with zero attached hydrogens (tertiary/aromatic N) is 4. The minimum absolute atomic E-state index is 0.00226. The zero-order chi connectivity index (χ0) is 20.8. The molecule has 1 atom stereocenters. The molecular weight excluding hydrogens is 408 g/mol. The zero-order valence-electron chi connectivity index (χ0n) is 14.9. The first-order valence-corrected chi connectivity index (χ1v) is 10.4. The first-order chi connectivity index (χ1) is 13.7. The maximum absolute atomic E-state index is 13.7. The summed E-state index contributed by atoms with van der Waals surface area (Å²) in [6.07, 6.45) is 2.92. The number of fused-ring (bicyclic) bond motifs is 1. The number of carbonyl (C=O) groups is 1. The average Bonchev–Trinajstić information content (AvgIpc) is 3.23. The smallest absolute Gasteiger partial charge is 0.281 e. The molecule has 0 aliphatic carbocycles. The standard InChI is InChI=1S/C17H15F2N5O4S/c18-10-1-2-13(12(19)5-10)22-14(25)6-23-8-21-16-15(17(23)26)20-9-24(16)11-3-4-29(27,28)7-11/h1-2,5,8-9,11H,3-4,6-7H2,(H,22,25)/t11-/m0/s1. The molecular formula is C17H15F2N5O4S. The minimum atomic E-state index is -3.13. The average molecular weight is 423 g/mol. The highest BCUT2D eigenvalue weighted by Gasteiger charge is 2.30. The Kier molecular flexibility index (Phi) is 4.65. The van der Waals surface area contributed by atoms with Gasteiger partial charge in [0.15, 0.2) is 21.0 Å². The molecule has 2 aromatic heterocycles. The van der Waals surface area contributed by atoms with E-state index in [0.717, 1.165) is 23.0 Å². The predicted octanol–water partition coefficient (Wildman–Crippen LogP) is 0.869. The molecule has 3 aromatic rings. The monoisotopic (exact) mass is 423 g/mol. The largest absolute Gasteiger partial charge is 0.322 e. The summed E-state index contributed by atoms with van der Waals surface area (Å²) < 4.78 is 52.5. The molecule has 1 aliphatic rings. The number of amides is 1. The molecule has 0 unspecified atom stereocenters. The lowest BCUT2D eigenvalue weighted by Gasteiger charge is -2.11. The molecule has 1 saturated heterocycles. The van der Waals surface area contributed by atoms with Crippen molar-refractivity contribution in [2.24, 2.45) is 0 Å². The Morgan fingerprint density at radius 3 is 2.72 bits per heavy atom. The quantitative estimate of drug-likeness (QED) is 0.666. The van der Waals surface area contributed by atoms with Gasteiger partial charge in [0.05, 0.1) is 29.6 Å². The summed E-state index contributed by atoms with van der Waals surface area (Å²) >= 11 is 0. The number of rotatable bonds is 4. The zero-order valence-corrected chi connectivity index (χ0v) is 15.7. The van der Waals surface area contributed by atoms with Crippen molar-refractivity contribution in [3.05, 3.63) is 52.8 Å². The van der Waals surface area contributed by atoms with Crippen molar-refractivity contribution in [1.82, 2.24) is 19.1 Å². The maximum atomic E-state index is 13.7. The van der Waals surface area contributed by atoms with Crippen LogP contribution in [0.25, 0.3) is 11.2 Å². The molecule has 1 aliphatic heterocycles. The summed E-state index contributed by atoms with van der Waals surface area (Å²) in [5, 5.41) is 2.26. The molecule has 1 aromatic carbocycles. The van der Waals surface area contributed by atoms with Gasteiger partial charge in [-0.25, -0.2) is 27.2 Å². The number of sulfone groups is 1. The van der Waals surface area contributed by atoms with Crippen molar-refractivity contribution >= 4 is 32.6 Å². The van der Waals surface area contributed by atoms with Gasteiger partial charge >= 0.3 is 0 Å². The molecule has 12 heteroatoms. The van der Waals surface area contributed by atoms with Gasteiger partial charge in [-0.15, -0.1) is 0 Å². The van der Waals surface area contributed by atoms with Gasteiger partial charge in [0.1, 0.15) is 24.5 Å².